The maximum absolute atomic E-state index is 13.2. The third-order valence-corrected chi connectivity index (χ3v) is 2.95. The van der Waals surface area contributed by atoms with Crippen LogP contribution < -0.4 is 4.90 Å². The summed E-state index contributed by atoms with van der Waals surface area (Å²) >= 11 is 0. The van der Waals surface area contributed by atoms with E-state index in [1.54, 1.807) is 12.1 Å². The molecule has 0 aliphatic heterocycles. The molecule has 0 heterocycles. The van der Waals surface area contributed by atoms with Crippen LogP contribution in [0.4, 0.5) is 10.1 Å². The van der Waals surface area contributed by atoms with Crippen molar-refractivity contribution in [3.05, 3.63) is 59.4 Å². The van der Waals surface area contributed by atoms with Crippen molar-refractivity contribution in [3.63, 3.8) is 0 Å². The van der Waals surface area contributed by atoms with Crippen LogP contribution >= 0.6 is 0 Å². The van der Waals surface area contributed by atoms with Gasteiger partial charge >= 0.3 is 0 Å². The van der Waals surface area contributed by atoms with E-state index in [9.17, 15) is 9.50 Å². The van der Waals surface area contributed by atoms with E-state index >= 15 is 0 Å². The van der Waals surface area contributed by atoms with Gasteiger partial charge in [0.1, 0.15) is 0 Å². The summed E-state index contributed by atoms with van der Waals surface area (Å²) in [6.45, 7) is 2.49. The molecule has 0 aliphatic carbocycles. The number of nitrogens with zero attached hydrogens (tertiary/aromatic N) is 1. The van der Waals surface area contributed by atoms with Gasteiger partial charge in [-0.25, -0.2) is 4.39 Å². The Kier molecular flexibility index (Phi) is 3.51. The van der Waals surface area contributed by atoms with Gasteiger partial charge in [-0.05, 0) is 25.1 Å². The van der Waals surface area contributed by atoms with Crippen molar-refractivity contribution in [2.75, 3.05) is 11.9 Å². The molecule has 0 aliphatic rings. The molecule has 2 rings (SSSR count). The molecule has 0 fully saturated rings. The minimum Gasteiger partial charge on any atom is -0.505 e. The normalized spacial score (nSPS) is 10.4. The summed E-state index contributed by atoms with van der Waals surface area (Å²) in [5.74, 6) is -0.846. The zero-order chi connectivity index (χ0) is 13.1. The van der Waals surface area contributed by atoms with Gasteiger partial charge in [0.15, 0.2) is 11.6 Å². The minimum absolute atomic E-state index is 0.267. The predicted octanol–water partition coefficient (Wildman–Crippen LogP) is 3.48. The van der Waals surface area contributed by atoms with E-state index in [2.05, 4.69) is 0 Å². The Morgan fingerprint density at radius 2 is 1.78 bits per heavy atom. The molecule has 0 radical (unpaired) electrons. The van der Waals surface area contributed by atoms with E-state index in [0.717, 1.165) is 5.69 Å². The Hall–Kier alpha value is -2.03. The van der Waals surface area contributed by atoms with E-state index in [0.29, 0.717) is 12.1 Å². The Bertz CT molecular complexity index is 537. The van der Waals surface area contributed by atoms with Crippen LogP contribution in [-0.2, 0) is 6.54 Å². The number of anilines is 1. The molecule has 2 aromatic carbocycles. The van der Waals surface area contributed by atoms with E-state index < -0.39 is 5.82 Å². The van der Waals surface area contributed by atoms with Gasteiger partial charge in [0.2, 0.25) is 0 Å². The van der Waals surface area contributed by atoms with Crippen molar-refractivity contribution in [3.8, 4) is 5.75 Å². The van der Waals surface area contributed by atoms with Gasteiger partial charge in [-0.15, -0.1) is 0 Å². The smallest absolute Gasteiger partial charge is 0.165 e. The van der Waals surface area contributed by atoms with Crippen molar-refractivity contribution < 1.29 is 9.50 Å². The highest BCUT2D eigenvalue weighted by Crippen LogP contribution is 2.24. The SMILES string of the molecule is Cc1ccc(N(C)Cc2cccc(F)c2O)cc1. The summed E-state index contributed by atoms with van der Waals surface area (Å²) < 4.78 is 13.2. The first-order valence-corrected chi connectivity index (χ1v) is 5.82. The molecule has 18 heavy (non-hydrogen) atoms. The number of aryl methyl sites for hydroxylation is 1. The van der Waals surface area contributed by atoms with Crippen molar-refractivity contribution >= 4 is 5.69 Å². The molecule has 0 saturated carbocycles. The minimum atomic E-state index is -0.579. The van der Waals surface area contributed by atoms with Gasteiger partial charge in [0, 0.05) is 24.8 Å². The van der Waals surface area contributed by atoms with Crippen LogP contribution in [0.2, 0.25) is 0 Å². The standard InChI is InChI=1S/C15H16FNO/c1-11-6-8-13(9-7-11)17(2)10-12-4-3-5-14(16)15(12)18/h3-9,18H,10H2,1-2H3. The molecule has 0 spiro atoms. The number of phenolic OH excluding ortho intramolecular Hbond substituents is 1. The second kappa shape index (κ2) is 5.08. The second-order valence-corrected chi connectivity index (χ2v) is 4.44. The summed E-state index contributed by atoms with van der Waals surface area (Å²) in [5.41, 5.74) is 2.81. The molecule has 2 nitrogen and oxygen atoms in total. The largest absolute Gasteiger partial charge is 0.505 e. The van der Waals surface area contributed by atoms with E-state index in [4.69, 9.17) is 0 Å². The van der Waals surface area contributed by atoms with Crippen LogP contribution in [0.25, 0.3) is 0 Å². The molecule has 0 amide bonds. The molecule has 0 bridgehead atoms. The monoisotopic (exact) mass is 245 g/mol. The number of aromatic hydroxyl groups is 1. The molecule has 1 N–H and O–H groups in total. The third kappa shape index (κ3) is 2.62. The lowest BCUT2D eigenvalue weighted by Crippen LogP contribution is -2.16. The first kappa shape index (κ1) is 12.4. The van der Waals surface area contributed by atoms with Crippen LogP contribution in [0.15, 0.2) is 42.5 Å². The number of benzene rings is 2. The number of halogens is 1. The van der Waals surface area contributed by atoms with E-state index in [1.165, 1.54) is 11.6 Å². The van der Waals surface area contributed by atoms with Crippen molar-refractivity contribution in [1.29, 1.82) is 0 Å². The molecule has 94 valence electrons. The Morgan fingerprint density at radius 3 is 2.44 bits per heavy atom. The van der Waals surface area contributed by atoms with Crippen LogP contribution in [0.3, 0.4) is 0 Å². The molecular weight excluding hydrogens is 229 g/mol. The molecule has 0 unspecified atom stereocenters. The fourth-order valence-corrected chi connectivity index (χ4v) is 1.83. The topological polar surface area (TPSA) is 23.5 Å². The van der Waals surface area contributed by atoms with Gasteiger partial charge in [-0.1, -0.05) is 29.8 Å². The lowest BCUT2D eigenvalue weighted by molar-refractivity contribution is 0.425. The van der Waals surface area contributed by atoms with Gasteiger partial charge in [-0.3, -0.25) is 0 Å². The van der Waals surface area contributed by atoms with Gasteiger partial charge < -0.3 is 10.0 Å². The predicted molar refractivity (Wildman–Crippen MR) is 71.4 cm³/mol. The summed E-state index contributed by atoms with van der Waals surface area (Å²) in [6, 6.07) is 12.6. The van der Waals surface area contributed by atoms with Gasteiger partial charge in [0.25, 0.3) is 0 Å². The number of phenols is 1. The number of rotatable bonds is 3. The molecule has 0 saturated heterocycles. The van der Waals surface area contributed by atoms with Gasteiger partial charge in [0.05, 0.1) is 0 Å². The van der Waals surface area contributed by atoms with Crippen LogP contribution in [0.5, 0.6) is 5.75 Å². The average Bonchev–Trinajstić information content (AvgIpc) is 2.36. The summed E-state index contributed by atoms with van der Waals surface area (Å²) in [7, 11) is 1.91. The van der Waals surface area contributed by atoms with Crippen molar-refractivity contribution in [2.24, 2.45) is 0 Å². The molecule has 0 atom stereocenters. The van der Waals surface area contributed by atoms with E-state index in [-0.39, 0.29) is 5.75 Å². The summed E-state index contributed by atoms with van der Waals surface area (Å²) in [6.07, 6.45) is 0. The fraction of sp³-hybridized carbons (Fsp3) is 0.200. The van der Waals surface area contributed by atoms with Gasteiger partial charge in [-0.2, -0.15) is 0 Å². The quantitative estimate of drug-likeness (QED) is 0.895. The summed E-state index contributed by atoms with van der Waals surface area (Å²) in [4.78, 5) is 1.97. The van der Waals surface area contributed by atoms with Crippen LogP contribution in [-0.4, -0.2) is 12.2 Å². The molecule has 2 aromatic rings. The zero-order valence-corrected chi connectivity index (χ0v) is 10.5. The molecular formula is C15H16FNO. The maximum atomic E-state index is 13.2. The third-order valence-electron chi connectivity index (χ3n) is 2.95. The first-order chi connectivity index (χ1) is 8.58. The maximum Gasteiger partial charge on any atom is 0.165 e. The Balaban J connectivity index is 2.18. The van der Waals surface area contributed by atoms with E-state index in [1.807, 2.05) is 43.1 Å². The zero-order valence-electron chi connectivity index (χ0n) is 10.5. The fourth-order valence-electron chi connectivity index (χ4n) is 1.83. The second-order valence-electron chi connectivity index (χ2n) is 4.44. The van der Waals surface area contributed by atoms with Crippen molar-refractivity contribution in [2.45, 2.75) is 13.5 Å². The lowest BCUT2D eigenvalue weighted by Gasteiger charge is -2.20. The highest BCUT2D eigenvalue weighted by Gasteiger charge is 2.09. The Labute approximate surface area is 106 Å². The van der Waals surface area contributed by atoms with Crippen LogP contribution in [0.1, 0.15) is 11.1 Å². The van der Waals surface area contributed by atoms with Crippen LogP contribution in [0, 0.1) is 12.7 Å². The average molecular weight is 245 g/mol. The molecule has 3 heteroatoms. The first-order valence-electron chi connectivity index (χ1n) is 5.82. The molecule has 0 aromatic heterocycles. The number of hydrogen-bond donors (Lipinski definition) is 1. The summed E-state index contributed by atoms with van der Waals surface area (Å²) in [5, 5.41) is 9.64. The number of hydrogen-bond acceptors (Lipinski definition) is 2. The highest BCUT2D eigenvalue weighted by molar-refractivity contribution is 5.48. The highest BCUT2D eigenvalue weighted by atomic mass is 19.1. The Morgan fingerprint density at radius 1 is 1.11 bits per heavy atom. The lowest BCUT2D eigenvalue weighted by atomic mass is 10.1. The number of para-hydroxylation sites is 1. The van der Waals surface area contributed by atoms with Crippen molar-refractivity contribution in [1.82, 2.24) is 0 Å².